The Hall–Kier alpha value is -3.72. The van der Waals surface area contributed by atoms with E-state index in [2.05, 4.69) is 0 Å². The van der Waals surface area contributed by atoms with E-state index in [4.69, 9.17) is 14.2 Å². The maximum atomic E-state index is 13.1. The highest BCUT2D eigenvalue weighted by Crippen LogP contribution is 2.43. The van der Waals surface area contributed by atoms with Crippen molar-refractivity contribution in [2.24, 2.45) is 0 Å². The van der Waals surface area contributed by atoms with E-state index in [0.29, 0.717) is 17.9 Å². The van der Waals surface area contributed by atoms with Gasteiger partial charge in [0, 0.05) is 19.2 Å². The van der Waals surface area contributed by atoms with Crippen LogP contribution < -0.4 is 14.2 Å². The summed E-state index contributed by atoms with van der Waals surface area (Å²) in [4.78, 5) is 29.4. The van der Waals surface area contributed by atoms with Crippen molar-refractivity contribution in [3.8, 4) is 23.0 Å². The molecule has 1 aliphatic heterocycles. The van der Waals surface area contributed by atoms with Crippen molar-refractivity contribution in [1.82, 2.24) is 9.80 Å². The first-order valence-corrected chi connectivity index (χ1v) is 10.3. The van der Waals surface area contributed by atoms with E-state index in [-0.39, 0.29) is 40.7 Å². The molecule has 1 amide bonds. The molecule has 0 spiro atoms. The molecule has 2 N–H and O–H groups in total. The molecule has 1 aliphatic rings. The van der Waals surface area contributed by atoms with E-state index in [1.54, 1.807) is 30.3 Å². The molecule has 0 radical (unpaired) electrons. The van der Waals surface area contributed by atoms with Gasteiger partial charge in [-0.1, -0.05) is 6.07 Å². The van der Waals surface area contributed by atoms with Crippen molar-refractivity contribution < 1.29 is 34.0 Å². The lowest BCUT2D eigenvalue weighted by Gasteiger charge is -2.27. The molecule has 2 aromatic carbocycles. The Bertz CT molecular complexity index is 1090. The Kier molecular flexibility index (Phi) is 7.13. The van der Waals surface area contributed by atoms with E-state index >= 15 is 0 Å². The molecule has 1 atom stereocenters. The fraction of sp³-hybridized carbons (Fsp3) is 0.333. The maximum absolute atomic E-state index is 13.1. The lowest BCUT2D eigenvalue weighted by molar-refractivity contribution is -0.140. The molecule has 0 bridgehead atoms. The second kappa shape index (κ2) is 9.83. The van der Waals surface area contributed by atoms with Gasteiger partial charge in [0.15, 0.2) is 11.5 Å². The van der Waals surface area contributed by atoms with Crippen molar-refractivity contribution in [3.63, 3.8) is 0 Å². The lowest BCUT2D eigenvalue weighted by atomic mass is 9.94. The lowest BCUT2D eigenvalue weighted by Crippen LogP contribution is -2.35. The molecule has 2 aromatic rings. The van der Waals surface area contributed by atoms with Gasteiger partial charge in [0.25, 0.3) is 11.7 Å². The number of aromatic hydroxyl groups is 1. The van der Waals surface area contributed by atoms with Gasteiger partial charge in [0.2, 0.25) is 0 Å². The zero-order valence-corrected chi connectivity index (χ0v) is 19.3. The van der Waals surface area contributed by atoms with Gasteiger partial charge in [-0.15, -0.1) is 0 Å². The van der Waals surface area contributed by atoms with Crippen LogP contribution >= 0.6 is 0 Å². The molecule has 0 saturated carbocycles. The summed E-state index contributed by atoms with van der Waals surface area (Å²) in [5, 5.41) is 21.6. The van der Waals surface area contributed by atoms with Crippen LogP contribution in [0.15, 0.2) is 42.0 Å². The Morgan fingerprint density at radius 3 is 2.27 bits per heavy atom. The van der Waals surface area contributed by atoms with Crippen LogP contribution in [0.2, 0.25) is 0 Å². The molecule has 1 heterocycles. The van der Waals surface area contributed by atoms with Gasteiger partial charge in [-0.2, -0.15) is 0 Å². The molecular formula is C24H28N2O7. The van der Waals surface area contributed by atoms with Crippen LogP contribution in [0.4, 0.5) is 0 Å². The van der Waals surface area contributed by atoms with Crippen molar-refractivity contribution in [2.75, 3.05) is 48.5 Å². The smallest absolute Gasteiger partial charge is 0.295 e. The number of benzene rings is 2. The van der Waals surface area contributed by atoms with Crippen molar-refractivity contribution in [1.29, 1.82) is 0 Å². The van der Waals surface area contributed by atoms with Crippen LogP contribution in [0.25, 0.3) is 5.76 Å². The van der Waals surface area contributed by atoms with Gasteiger partial charge in [-0.3, -0.25) is 9.59 Å². The number of aliphatic hydroxyl groups excluding tert-OH is 1. The van der Waals surface area contributed by atoms with E-state index in [1.807, 2.05) is 19.0 Å². The number of hydrogen-bond donors (Lipinski definition) is 2. The zero-order chi connectivity index (χ0) is 24.3. The molecule has 1 saturated heterocycles. The van der Waals surface area contributed by atoms with Crippen LogP contribution in [0.1, 0.15) is 17.2 Å². The largest absolute Gasteiger partial charge is 0.507 e. The summed E-state index contributed by atoms with van der Waals surface area (Å²) in [6.07, 6.45) is 0. The first-order valence-electron chi connectivity index (χ1n) is 10.3. The first kappa shape index (κ1) is 23.9. The monoisotopic (exact) mass is 456 g/mol. The number of carbonyl (C=O) groups is 2. The van der Waals surface area contributed by atoms with E-state index in [0.717, 1.165) is 0 Å². The number of aliphatic hydroxyl groups is 1. The number of amides is 1. The fourth-order valence-corrected chi connectivity index (χ4v) is 3.78. The average Bonchev–Trinajstić information content (AvgIpc) is 3.06. The topological polar surface area (TPSA) is 109 Å². The Morgan fingerprint density at radius 1 is 1.00 bits per heavy atom. The van der Waals surface area contributed by atoms with E-state index in [9.17, 15) is 19.8 Å². The van der Waals surface area contributed by atoms with Crippen LogP contribution in [-0.2, 0) is 9.59 Å². The second-order valence-electron chi connectivity index (χ2n) is 7.79. The Balaban J connectivity index is 2.21. The molecule has 1 unspecified atom stereocenters. The van der Waals surface area contributed by atoms with Crippen molar-refractivity contribution in [2.45, 2.75) is 6.04 Å². The molecule has 176 valence electrons. The predicted molar refractivity (Wildman–Crippen MR) is 122 cm³/mol. The number of carbonyl (C=O) groups excluding carboxylic acids is 2. The Morgan fingerprint density at radius 2 is 1.70 bits per heavy atom. The SMILES string of the molecule is COc1ccc(/C(O)=C2/C(=O)C(=O)N(CCN(C)C)C2c2ccc(OC)c(O)c2)c(OC)c1. The summed E-state index contributed by atoms with van der Waals surface area (Å²) < 4.78 is 15.7. The fourth-order valence-electron chi connectivity index (χ4n) is 3.78. The summed E-state index contributed by atoms with van der Waals surface area (Å²) in [6, 6.07) is 8.47. The van der Waals surface area contributed by atoms with Gasteiger partial charge in [0.05, 0.1) is 38.5 Å². The number of rotatable bonds is 8. The van der Waals surface area contributed by atoms with Gasteiger partial charge >= 0.3 is 0 Å². The third-order valence-corrected chi connectivity index (χ3v) is 5.51. The molecule has 3 rings (SSSR count). The summed E-state index contributed by atoms with van der Waals surface area (Å²) in [5.41, 5.74) is 0.610. The van der Waals surface area contributed by atoms with Gasteiger partial charge in [-0.05, 0) is 43.9 Å². The molecule has 9 heteroatoms. The quantitative estimate of drug-likeness (QED) is 0.354. The number of methoxy groups -OCH3 is 3. The number of likely N-dealkylation sites (tertiary alicyclic amines) is 1. The third-order valence-electron chi connectivity index (χ3n) is 5.51. The highest BCUT2D eigenvalue weighted by Gasteiger charge is 2.46. The van der Waals surface area contributed by atoms with Gasteiger partial charge in [0.1, 0.15) is 17.3 Å². The minimum absolute atomic E-state index is 0.0909. The highest BCUT2D eigenvalue weighted by molar-refractivity contribution is 6.46. The molecule has 9 nitrogen and oxygen atoms in total. The number of nitrogens with zero attached hydrogens (tertiary/aromatic N) is 2. The van der Waals surface area contributed by atoms with Crippen molar-refractivity contribution in [3.05, 3.63) is 53.1 Å². The van der Waals surface area contributed by atoms with Crippen LogP contribution in [0, 0.1) is 0 Å². The number of ether oxygens (including phenoxy) is 3. The second-order valence-corrected chi connectivity index (χ2v) is 7.79. The average molecular weight is 456 g/mol. The minimum atomic E-state index is -0.909. The van der Waals surface area contributed by atoms with E-state index in [1.165, 1.54) is 32.3 Å². The summed E-state index contributed by atoms with van der Waals surface area (Å²) in [6.45, 7) is 0.739. The number of likely N-dealkylation sites (N-methyl/N-ethyl adjacent to an activating group) is 1. The molecule has 0 aliphatic carbocycles. The van der Waals surface area contributed by atoms with E-state index < -0.39 is 17.7 Å². The van der Waals surface area contributed by atoms with Crippen LogP contribution in [-0.4, -0.2) is 80.2 Å². The normalized spacial score (nSPS) is 17.5. The Labute approximate surface area is 192 Å². The zero-order valence-electron chi connectivity index (χ0n) is 19.3. The minimum Gasteiger partial charge on any atom is -0.507 e. The summed E-state index contributed by atoms with van der Waals surface area (Å²) in [7, 11) is 8.06. The molecular weight excluding hydrogens is 428 g/mol. The summed E-state index contributed by atoms with van der Waals surface area (Å²) >= 11 is 0. The number of phenols is 1. The molecule has 0 aromatic heterocycles. The number of phenolic OH excluding ortho intramolecular Hbond substituents is 1. The van der Waals surface area contributed by atoms with Gasteiger partial charge < -0.3 is 34.2 Å². The number of Topliss-reactive ketones (excluding diaryl/α,β-unsaturated/α-hetero) is 1. The highest BCUT2D eigenvalue weighted by atomic mass is 16.5. The first-order chi connectivity index (χ1) is 15.7. The van der Waals surface area contributed by atoms with Crippen LogP contribution in [0.3, 0.4) is 0 Å². The standard InChI is InChI=1S/C24H28N2O7/c1-25(2)10-11-26-21(14-6-9-18(32-4)17(27)12-14)20(23(29)24(26)30)22(28)16-8-7-15(31-3)13-19(16)33-5/h6-9,12-13,21,27-28H,10-11H2,1-5H3/b22-20-. The number of hydrogen-bond acceptors (Lipinski definition) is 8. The van der Waals surface area contributed by atoms with Crippen molar-refractivity contribution >= 4 is 17.4 Å². The third kappa shape index (κ3) is 4.58. The maximum Gasteiger partial charge on any atom is 0.295 e. The molecule has 1 fully saturated rings. The van der Waals surface area contributed by atoms with Crippen LogP contribution in [0.5, 0.6) is 23.0 Å². The molecule has 33 heavy (non-hydrogen) atoms. The van der Waals surface area contributed by atoms with Gasteiger partial charge in [-0.25, -0.2) is 0 Å². The predicted octanol–water partition coefficient (Wildman–Crippen LogP) is 2.40. The number of ketones is 1. The summed E-state index contributed by atoms with van der Waals surface area (Å²) in [5.74, 6) is -1.03.